The van der Waals surface area contributed by atoms with Crippen molar-refractivity contribution in [2.24, 2.45) is 0 Å². The van der Waals surface area contributed by atoms with Crippen LogP contribution >= 0.6 is 0 Å². The van der Waals surface area contributed by atoms with Gasteiger partial charge in [0.2, 0.25) is 5.91 Å². The van der Waals surface area contributed by atoms with Crippen molar-refractivity contribution in [1.29, 1.82) is 0 Å². The van der Waals surface area contributed by atoms with Gasteiger partial charge in [-0.3, -0.25) is 4.79 Å². The first-order valence-corrected chi connectivity index (χ1v) is 8.95. The zero-order chi connectivity index (χ0) is 20.4. The highest BCUT2D eigenvalue weighted by Gasteiger charge is 2.10. The number of nitrogens with zero attached hydrogens (tertiary/aromatic N) is 1. The molecule has 0 N–H and O–H groups in total. The fourth-order valence-corrected chi connectivity index (χ4v) is 2.56. The minimum atomic E-state index is -0.149. The van der Waals surface area contributed by atoms with E-state index in [0.717, 1.165) is 11.1 Å². The smallest absolute Gasteiger partial charge is 0.247 e. The van der Waals surface area contributed by atoms with Crippen LogP contribution in [0.3, 0.4) is 0 Å². The normalized spacial score (nSPS) is 10.3. The van der Waals surface area contributed by atoms with Gasteiger partial charge in [-0.2, -0.15) is 0 Å². The number of aryl methyl sites for hydroxylation is 1. The second-order valence-corrected chi connectivity index (χ2v) is 6.23. The average molecular weight is 375 g/mol. The molecule has 0 aliphatic carbocycles. The van der Waals surface area contributed by atoms with Crippen LogP contribution in [0.5, 0.6) is 11.5 Å². The molecule has 1 amide bonds. The largest absolute Gasteiger partial charge is 0.493 e. The van der Waals surface area contributed by atoms with Gasteiger partial charge in [0.1, 0.15) is 6.61 Å². The third-order valence-electron chi connectivity index (χ3n) is 4.05. The Morgan fingerprint density at radius 1 is 1.21 bits per heavy atom. The summed E-state index contributed by atoms with van der Waals surface area (Å²) in [4.78, 5) is 14.2. The molecule has 0 saturated carbocycles. The van der Waals surface area contributed by atoms with Gasteiger partial charge in [0, 0.05) is 12.6 Å². The first-order valence-electron chi connectivity index (χ1n) is 8.95. The first-order chi connectivity index (χ1) is 13.6. The van der Waals surface area contributed by atoms with E-state index in [1.807, 2.05) is 43.3 Å². The summed E-state index contributed by atoms with van der Waals surface area (Å²) >= 11 is 0. The Bertz CT molecular complexity index is 876. The van der Waals surface area contributed by atoms with E-state index in [4.69, 9.17) is 15.9 Å². The van der Waals surface area contributed by atoms with Crippen molar-refractivity contribution in [3.63, 3.8) is 0 Å². The zero-order valence-electron chi connectivity index (χ0n) is 16.4. The third kappa shape index (κ3) is 6.07. The molecule has 0 spiro atoms. The predicted octanol–water partition coefficient (Wildman–Crippen LogP) is 4.24. The van der Waals surface area contributed by atoms with Crippen LogP contribution in [-0.2, 0) is 11.3 Å². The maximum atomic E-state index is 12.6. The molecule has 0 saturated heterocycles. The molecular weight excluding hydrogens is 350 g/mol. The summed E-state index contributed by atoms with van der Waals surface area (Å²) in [6.45, 7) is 6.76. The van der Waals surface area contributed by atoms with Crippen molar-refractivity contribution in [2.75, 3.05) is 20.3 Å². The number of rotatable bonds is 9. The molecule has 0 radical (unpaired) electrons. The molecule has 2 rings (SSSR count). The van der Waals surface area contributed by atoms with E-state index in [1.165, 1.54) is 11.6 Å². The van der Waals surface area contributed by atoms with Crippen molar-refractivity contribution in [2.45, 2.75) is 13.5 Å². The minimum Gasteiger partial charge on any atom is -0.493 e. The lowest BCUT2D eigenvalue weighted by molar-refractivity contribution is -0.125. The molecule has 0 unspecified atom stereocenters. The van der Waals surface area contributed by atoms with Crippen LogP contribution in [0.4, 0.5) is 0 Å². The van der Waals surface area contributed by atoms with E-state index >= 15 is 0 Å². The Balaban J connectivity index is 2.11. The Morgan fingerprint density at radius 2 is 1.96 bits per heavy atom. The standard InChI is InChI=1S/C24H25NO3/c1-5-15-25(18-21-9-7-19(3)8-10-21)24(26)14-12-20-11-13-22(28-16-6-2)23(17-20)27-4/h1,6-14,17H,2,15-16,18H2,3-4H3. The molecule has 0 fully saturated rings. The lowest BCUT2D eigenvalue weighted by atomic mass is 10.1. The number of carbonyl (C=O) groups is 1. The molecule has 144 valence electrons. The molecule has 0 aliphatic heterocycles. The average Bonchev–Trinajstić information content (AvgIpc) is 2.71. The van der Waals surface area contributed by atoms with Gasteiger partial charge in [-0.05, 0) is 36.3 Å². The zero-order valence-corrected chi connectivity index (χ0v) is 16.4. The molecule has 0 atom stereocenters. The van der Waals surface area contributed by atoms with Gasteiger partial charge in [-0.1, -0.05) is 54.5 Å². The van der Waals surface area contributed by atoms with Crippen molar-refractivity contribution < 1.29 is 14.3 Å². The number of amides is 1. The summed E-state index contributed by atoms with van der Waals surface area (Å²) in [6.07, 6.45) is 10.4. The minimum absolute atomic E-state index is 0.149. The number of hydrogen-bond acceptors (Lipinski definition) is 3. The van der Waals surface area contributed by atoms with Crippen molar-refractivity contribution in [3.8, 4) is 23.8 Å². The highest BCUT2D eigenvalue weighted by atomic mass is 16.5. The quantitative estimate of drug-likeness (QED) is 0.374. The van der Waals surface area contributed by atoms with Gasteiger partial charge < -0.3 is 14.4 Å². The SMILES string of the molecule is C#CCN(Cc1ccc(C)cc1)C(=O)C=Cc1ccc(OCC=C)c(OC)c1. The first kappa shape index (κ1) is 20.9. The van der Waals surface area contributed by atoms with Crippen LogP contribution in [-0.4, -0.2) is 31.1 Å². The Kier molecular flexibility index (Phi) is 7.92. The lowest BCUT2D eigenvalue weighted by Gasteiger charge is -2.18. The Morgan fingerprint density at radius 3 is 2.61 bits per heavy atom. The molecule has 28 heavy (non-hydrogen) atoms. The summed E-state index contributed by atoms with van der Waals surface area (Å²) in [7, 11) is 1.57. The number of terminal acetylenes is 1. The Hall–Kier alpha value is -3.45. The summed E-state index contributed by atoms with van der Waals surface area (Å²) < 4.78 is 10.9. The molecule has 4 nitrogen and oxygen atoms in total. The van der Waals surface area contributed by atoms with Crippen LogP contribution in [0.15, 0.2) is 61.2 Å². The van der Waals surface area contributed by atoms with Crippen LogP contribution < -0.4 is 9.47 Å². The molecule has 0 aliphatic rings. The lowest BCUT2D eigenvalue weighted by Crippen LogP contribution is -2.29. The topological polar surface area (TPSA) is 38.8 Å². The molecule has 2 aromatic rings. The predicted molar refractivity (Wildman–Crippen MR) is 113 cm³/mol. The number of benzene rings is 2. The number of hydrogen-bond donors (Lipinski definition) is 0. The van der Waals surface area contributed by atoms with Gasteiger partial charge in [0.05, 0.1) is 13.7 Å². The van der Waals surface area contributed by atoms with E-state index < -0.39 is 0 Å². The summed E-state index contributed by atoms with van der Waals surface area (Å²) in [5, 5.41) is 0. The maximum Gasteiger partial charge on any atom is 0.247 e. The molecule has 0 bridgehead atoms. The van der Waals surface area contributed by atoms with Crippen LogP contribution in [0, 0.1) is 19.3 Å². The fraction of sp³-hybridized carbons (Fsp3) is 0.208. The Labute approximate surface area is 167 Å². The molecule has 0 aromatic heterocycles. The van der Waals surface area contributed by atoms with Gasteiger partial charge in [0.15, 0.2) is 11.5 Å². The summed E-state index contributed by atoms with van der Waals surface area (Å²) in [5.74, 6) is 3.62. The van der Waals surface area contributed by atoms with Gasteiger partial charge in [0.25, 0.3) is 0 Å². The molecule has 4 heteroatoms. The van der Waals surface area contributed by atoms with Gasteiger partial charge in [-0.25, -0.2) is 0 Å². The number of methoxy groups -OCH3 is 1. The van der Waals surface area contributed by atoms with Crippen LogP contribution in [0.2, 0.25) is 0 Å². The van der Waals surface area contributed by atoms with Crippen molar-refractivity contribution in [1.82, 2.24) is 4.90 Å². The van der Waals surface area contributed by atoms with Gasteiger partial charge in [-0.15, -0.1) is 6.42 Å². The highest BCUT2D eigenvalue weighted by Crippen LogP contribution is 2.28. The monoisotopic (exact) mass is 375 g/mol. The van der Waals surface area contributed by atoms with E-state index in [9.17, 15) is 4.79 Å². The summed E-state index contributed by atoms with van der Waals surface area (Å²) in [5.41, 5.74) is 3.04. The molecule has 0 heterocycles. The number of carbonyl (C=O) groups excluding carboxylic acids is 1. The van der Waals surface area contributed by atoms with Crippen LogP contribution in [0.1, 0.15) is 16.7 Å². The van der Waals surface area contributed by atoms with E-state index in [1.54, 1.807) is 30.2 Å². The second kappa shape index (κ2) is 10.6. The molecular formula is C24H25NO3. The van der Waals surface area contributed by atoms with E-state index in [-0.39, 0.29) is 12.5 Å². The highest BCUT2D eigenvalue weighted by molar-refractivity contribution is 5.92. The fourth-order valence-electron chi connectivity index (χ4n) is 2.56. The molecule has 2 aromatic carbocycles. The summed E-state index contributed by atoms with van der Waals surface area (Å²) in [6, 6.07) is 13.5. The third-order valence-corrected chi connectivity index (χ3v) is 4.05. The van der Waals surface area contributed by atoms with Crippen LogP contribution in [0.25, 0.3) is 6.08 Å². The second-order valence-electron chi connectivity index (χ2n) is 6.23. The van der Waals surface area contributed by atoms with Crippen molar-refractivity contribution in [3.05, 3.63) is 77.9 Å². The number of ether oxygens (including phenoxy) is 2. The van der Waals surface area contributed by atoms with Crippen molar-refractivity contribution >= 4 is 12.0 Å². The maximum absolute atomic E-state index is 12.6. The van der Waals surface area contributed by atoms with E-state index in [2.05, 4.69) is 12.5 Å². The van der Waals surface area contributed by atoms with Gasteiger partial charge >= 0.3 is 0 Å². The van der Waals surface area contributed by atoms with E-state index in [0.29, 0.717) is 24.7 Å².